The van der Waals surface area contributed by atoms with Gasteiger partial charge in [0, 0.05) is 25.2 Å². The van der Waals surface area contributed by atoms with Crippen molar-refractivity contribution in [3.8, 4) is 11.8 Å². The van der Waals surface area contributed by atoms with Crippen molar-refractivity contribution >= 4 is 5.84 Å². The van der Waals surface area contributed by atoms with Crippen LogP contribution in [0.15, 0.2) is 64.1 Å². The minimum atomic E-state index is -4.77. The smallest absolute Gasteiger partial charge is 0.405 e. The summed E-state index contributed by atoms with van der Waals surface area (Å²) in [5, 5.41) is 19.8. The molecule has 1 aromatic rings. The van der Waals surface area contributed by atoms with Crippen LogP contribution in [0.25, 0.3) is 0 Å². The molecule has 0 amide bonds. The van der Waals surface area contributed by atoms with Crippen molar-refractivity contribution in [3.05, 3.63) is 64.6 Å². The van der Waals surface area contributed by atoms with Crippen molar-refractivity contribution < 1.29 is 17.9 Å². The summed E-state index contributed by atoms with van der Waals surface area (Å²) >= 11 is 0. The van der Waals surface area contributed by atoms with Crippen LogP contribution in [0.5, 0.6) is 5.75 Å². The average molecular weight is 528 g/mol. The molecule has 9 heteroatoms. The lowest BCUT2D eigenvalue weighted by Crippen LogP contribution is -2.33. The Kier molecular flexibility index (Phi) is 9.38. The molecule has 204 valence electrons. The molecular weight excluding hydrogens is 491 g/mol. The lowest BCUT2D eigenvalue weighted by Gasteiger charge is -2.23. The number of alkyl halides is 3. The van der Waals surface area contributed by atoms with Gasteiger partial charge in [-0.05, 0) is 81.0 Å². The number of nitriles is 1. The van der Waals surface area contributed by atoms with Crippen LogP contribution in [-0.2, 0) is 6.54 Å². The zero-order chi connectivity index (χ0) is 27.0. The van der Waals surface area contributed by atoms with Gasteiger partial charge in [0.2, 0.25) is 0 Å². The molecule has 2 fully saturated rings. The van der Waals surface area contributed by atoms with Crippen LogP contribution < -0.4 is 20.7 Å². The first kappa shape index (κ1) is 27.6. The topological polar surface area (TPSA) is 81.5 Å². The maximum Gasteiger partial charge on any atom is 0.573 e. The number of aliphatic imine (C=N–C) groups is 1. The van der Waals surface area contributed by atoms with Gasteiger partial charge in [0.05, 0.1) is 5.57 Å². The van der Waals surface area contributed by atoms with E-state index in [1.807, 2.05) is 13.0 Å². The van der Waals surface area contributed by atoms with Crippen molar-refractivity contribution in [1.29, 1.82) is 5.26 Å². The Morgan fingerprint density at radius 1 is 1.16 bits per heavy atom. The normalized spacial score (nSPS) is 21.2. The minimum Gasteiger partial charge on any atom is -0.405 e. The van der Waals surface area contributed by atoms with E-state index >= 15 is 0 Å². The lowest BCUT2D eigenvalue weighted by atomic mass is 9.86. The molecule has 0 radical (unpaired) electrons. The van der Waals surface area contributed by atoms with Gasteiger partial charge in [-0.1, -0.05) is 36.8 Å². The Labute approximate surface area is 222 Å². The monoisotopic (exact) mass is 527 g/mol. The molecule has 4 rings (SSSR count). The molecule has 2 saturated carbocycles. The number of halogens is 3. The fourth-order valence-corrected chi connectivity index (χ4v) is 4.76. The van der Waals surface area contributed by atoms with Crippen molar-refractivity contribution in [2.24, 2.45) is 16.8 Å². The Morgan fingerprint density at radius 3 is 2.61 bits per heavy atom. The first-order valence-corrected chi connectivity index (χ1v) is 13.5. The highest BCUT2D eigenvalue weighted by atomic mass is 19.4. The van der Waals surface area contributed by atoms with E-state index < -0.39 is 6.36 Å². The summed E-state index contributed by atoms with van der Waals surface area (Å²) in [4.78, 5) is 4.81. The van der Waals surface area contributed by atoms with Gasteiger partial charge in [-0.2, -0.15) is 5.26 Å². The van der Waals surface area contributed by atoms with Gasteiger partial charge in [0.1, 0.15) is 23.5 Å². The zero-order valence-corrected chi connectivity index (χ0v) is 21.8. The van der Waals surface area contributed by atoms with Crippen molar-refractivity contribution in [2.45, 2.75) is 71.2 Å². The van der Waals surface area contributed by atoms with Gasteiger partial charge < -0.3 is 20.7 Å². The number of para-hydroxylation sites is 1. The summed E-state index contributed by atoms with van der Waals surface area (Å²) in [5.41, 5.74) is 3.34. The molecule has 3 N–H and O–H groups in total. The number of ether oxygens (including phenoxy) is 1. The second-order valence-corrected chi connectivity index (χ2v) is 10.2. The van der Waals surface area contributed by atoms with E-state index in [2.05, 4.69) is 33.0 Å². The van der Waals surface area contributed by atoms with Gasteiger partial charge in [-0.15, -0.1) is 13.2 Å². The van der Waals surface area contributed by atoms with Gasteiger partial charge >= 0.3 is 6.36 Å². The molecule has 0 saturated heterocycles. The van der Waals surface area contributed by atoms with E-state index in [1.54, 1.807) is 12.1 Å². The SMILES string of the molecule is CCC1=C(NCc2ccccc2OC(F)(F)F)NC(=NCC2CCC(=CNCC3CC3)CC2)C(C#N)=CC1. The largest absolute Gasteiger partial charge is 0.573 e. The predicted octanol–water partition coefficient (Wildman–Crippen LogP) is 6.21. The van der Waals surface area contributed by atoms with Crippen LogP contribution in [0.4, 0.5) is 13.2 Å². The third-order valence-electron chi connectivity index (χ3n) is 7.27. The first-order valence-electron chi connectivity index (χ1n) is 13.5. The van der Waals surface area contributed by atoms with Gasteiger partial charge in [0.25, 0.3) is 0 Å². The lowest BCUT2D eigenvalue weighted by molar-refractivity contribution is -0.274. The summed E-state index contributed by atoms with van der Waals surface area (Å²) in [5.74, 6) is 2.25. The van der Waals surface area contributed by atoms with E-state index in [1.165, 1.54) is 30.5 Å². The summed E-state index contributed by atoms with van der Waals surface area (Å²) < 4.78 is 42.7. The predicted molar refractivity (Wildman–Crippen MR) is 142 cm³/mol. The second-order valence-electron chi connectivity index (χ2n) is 10.2. The average Bonchev–Trinajstić information content (AvgIpc) is 3.73. The number of benzene rings is 1. The number of rotatable bonds is 10. The zero-order valence-electron chi connectivity index (χ0n) is 21.8. The third kappa shape index (κ3) is 8.30. The molecule has 0 spiro atoms. The Bertz CT molecular complexity index is 1130. The Hall–Kier alpha value is -3.41. The van der Waals surface area contributed by atoms with Crippen LogP contribution >= 0.6 is 0 Å². The molecule has 38 heavy (non-hydrogen) atoms. The molecule has 0 unspecified atom stereocenters. The number of hydrogen-bond acceptors (Lipinski definition) is 5. The molecule has 0 aromatic heterocycles. The highest BCUT2D eigenvalue weighted by Crippen LogP contribution is 2.30. The molecule has 1 heterocycles. The molecule has 3 aliphatic rings. The number of amidine groups is 1. The molecule has 0 atom stereocenters. The van der Waals surface area contributed by atoms with Gasteiger partial charge in [-0.3, -0.25) is 4.99 Å². The number of nitrogens with zero attached hydrogens (tertiary/aromatic N) is 2. The maximum absolute atomic E-state index is 12.8. The Morgan fingerprint density at radius 2 is 1.92 bits per heavy atom. The van der Waals surface area contributed by atoms with E-state index in [4.69, 9.17) is 4.99 Å². The second kappa shape index (κ2) is 12.9. The molecule has 1 aromatic carbocycles. The summed E-state index contributed by atoms with van der Waals surface area (Å²) in [6.45, 7) is 3.84. The number of nitrogens with one attached hydrogen (secondary N) is 3. The molecular formula is C29H36F3N5O. The van der Waals surface area contributed by atoms with Crippen molar-refractivity contribution in [2.75, 3.05) is 13.1 Å². The number of allylic oxidation sites excluding steroid dienone is 3. The Balaban J connectivity index is 1.39. The molecule has 6 nitrogen and oxygen atoms in total. The van der Waals surface area contributed by atoms with Crippen LogP contribution in [0.2, 0.25) is 0 Å². The summed E-state index contributed by atoms with van der Waals surface area (Å²) in [6.07, 6.45) is 7.53. The molecule has 1 aliphatic heterocycles. The minimum absolute atomic E-state index is 0.125. The third-order valence-corrected chi connectivity index (χ3v) is 7.27. The van der Waals surface area contributed by atoms with Gasteiger partial charge in [0.15, 0.2) is 0 Å². The summed E-state index contributed by atoms with van der Waals surface area (Å²) in [6, 6.07) is 8.33. The van der Waals surface area contributed by atoms with Crippen molar-refractivity contribution in [3.63, 3.8) is 0 Å². The van der Waals surface area contributed by atoms with Crippen LogP contribution in [0.1, 0.15) is 63.9 Å². The quantitative estimate of drug-likeness (QED) is 0.337. The standard InChI is InChI=1S/C29H36F3N5O/c1-2-23-13-14-24(15-33)28(35-18-22-11-9-21(10-12-22)17-34-16-20-7-8-20)37-27(23)36-19-25-5-3-4-6-26(25)38-29(30,31)32/h3-6,14,17,20,22,34,36H,2,7-13,16,18-19H2,1H3,(H,35,37). The van der Waals surface area contributed by atoms with Gasteiger partial charge in [-0.25, -0.2) is 0 Å². The summed E-state index contributed by atoms with van der Waals surface area (Å²) in [7, 11) is 0. The maximum atomic E-state index is 12.8. The van der Waals surface area contributed by atoms with Crippen molar-refractivity contribution in [1.82, 2.24) is 16.0 Å². The fraction of sp³-hybridized carbons (Fsp3) is 0.517. The number of hydrogen-bond donors (Lipinski definition) is 3. The van der Waals surface area contributed by atoms with E-state index in [0.717, 1.165) is 43.7 Å². The van der Waals surface area contributed by atoms with E-state index in [0.29, 0.717) is 48.1 Å². The first-order chi connectivity index (χ1) is 18.3. The molecule has 2 aliphatic carbocycles. The highest BCUT2D eigenvalue weighted by molar-refractivity contribution is 6.03. The van der Waals surface area contributed by atoms with Crippen LogP contribution in [-0.4, -0.2) is 25.3 Å². The van der Waals surface area contributed by atoms with E-state index in [9.17, 15) is 18.4 Å². The van der Waals surface area contributed by atoms with E-state index in [-0.39, 0.29) is 12.3 Å². The van der Waals surface area contributed by atoms with Crippen LogP contribution in [0, 0.1) is 23.2 Å². The fourth-order valence-electron chi connectivity index (χ4n) is 4.76. The highest BCUT2D eigenvalue weighted by Gasteiger charge is 2.32. The molecule has 0 bridgehead atoms. The van der Waals surface area contributed by atoms with Crippen LogP contribution in [0.3, 0.4) is 0 Å².